The second kappa shape index (κ2) is 7.94. The SMILES string of the molecule is COCCNC(=O)CSc1nnc(Cc2cccs2)n1C1CC1. The van der Waals surface area contributed by atoms with Gasteiger partial charge in [-0.05, 0) is 24.3 Å². The maximum Gasteiger partial charge on any atom is 0.230 e. The Balaban J connectivity index is 1.61. The van der Waals surface area contributed by atoms with Crippen LogP contribution in [0.1, 0.15) is 29.6 Å². The van der Waals surface area contributed by atoms with Crippen LogP contribution in [0.15, 0.2) is 22.7 Å². The lowest BCUT2D eigenvalue weighted by Gasteiger charge is -2.08. The van der Waals surface area contributed by atoms with Gasteiger partial charge >= 0.3 is 0 Å². The molecule has 0 spiro atoms. The molecule has 1 aliphatic rings. The van der Waals surface area contributed by atoms with Crippen molar-refractivity contribution in [3.05, 3.63) is 28.2 Å². The molecule has 1 amide bonds. The number of carbonyl (C=O) groups is 1. The first-order valence-corrected chi connectivity index (χ1v) is 9.49. The molecule has 0 aliphatic heterocycles. The van der Waals surface area contributed by atoms with Crippen molar-refractivity contribution in [1.29, 1.82) is 0 Å². The van der Waals surface area contributed by atoms with Crippen LogP contribution in [0.4, 0.5) is 0 Å². The van der Waals surface area contributed by atoms with E-state index in [1.807, 2.05) is 0 Å². The first-order valence-electron chi connectivity index (χ1n) is 7.62. The van der Waals surface area contributed by atoms with Gasteiger partial charge in [0.05, 0.1) is 12.4 Å². The van der Waals surface area contributed by atoms with E-state index in [1.54, 1.807) is 18.4 Å². The molecule has 0 unspecified atom stereocenters. The fourth-order valence-corrected chi connectivity index (χ4v) is 3.82. The average Bonchev–Trinajstić information content (AvgIpc) is 3.10. The molecule has 0 atom stereocenters. The topological polar surface area (TPSA) is 69.0 Å². The van der Waals surface area contributed by atoms with E-state index < -0.39 is 0 Å². The summed E-state index contributed by atoms with van der Waals surface area (Å²) >= 11 is 3.19. The summed E-state index contributed by atoms with van der Waals surface area (Å²) < 4.78 is 7.14. The number of hydrogen-bond acceptors (Lipinski definition) is 6. The number of thiophene rings is 1. The predicted octanol–water partition coefficient (Wildman–Crippen LogP) is 2.12. The molecule has 0 bridgehead atoms. The van der Waals surface area contributed by atoms with Gasteiger partial charge in [0, 0.05) is 31.0 Å². The molecule has 0 radical (unpaired) electrons. The number of nitrogens with one attached hydrogen (secondary N) is 1. The summed E-state index contributed by atoms with van der Waals surface area (Å²) in [5.41, 5.74) is 0. The minimum atomic E-state index is -0.00259. The van der Waals surface area contributed by atoms with Crippen LogP contribution in [0.3, 0.4) is 0 Å². The molecule has 6 nitrogen and oxygen atoms in total. The van der Waals surface area contributed by atoms with Crippen molar-refractivity contribution in [2.75, 3.05) is 26.0 Å². The highest BCUT2D eigenvalue weighted by Gasteiger charge is 2.29. The van der Waals surface area contributed by atoms with Crippen LogP contribution in [-0.4, -0.2) is 46.7 Å². The van der Waals surface area contributed by atoms with Gasteiger partial charge in [-0.25, -0.2) is 0 Å². The Bertz CT molecular complexity index is 638. The Morgan fingerprint density at radius 2 is 2.39 bits per heavy atom. The number of carbonyl (C=O) groups excluding carboxylic acids is 1. The monoisotopic (exact) mass is 352 g/mol. The number of nitrogens with zero attached hydrogens (tertiary/aromatic N) is 3. The lowest BCUT2D eigenvalue weighted by molar-refractivity contribution is -0.118. The summed E-state index contributed by atoms with van der Waals surface area (Å²) in [4.78, 5) is 13.1. The molecule has 124 valence electrons. The van der Waals surface area contributed by atoms with Crippen LogP contribution in [0.5, 0.6) is 0 Å². The third kappa shape index (κ3) is 4.55. The summed E-state index contributed by atoms with van der Waals surface area (Å²) in [5.74, 6) is 1.35. The van der Waals surface area contributed by atoms with Crippen molar-refractivity contribution in [2.24, 2.45) is 0 Å². The fourth-order valence-electron chi connectivity index (χ4n) is 2.27. The quantitative estimate of drug-likeness (QED) is 0.553. The third-order valence-corrected chi connectivity index (χ3v) is 5.34. The molecule has 2 heterocycles. The van der Waals surface area contributed by atoms with Crippen LogP contribution in [0, 0.1) is 0 Å². The van der Waals surface area contributed by atoms with E-state index in [0.717, 1.165) is 17.4 Å². The molecule has 8 heteroatoms. The van der Waals surface area contributed by atoms with Crippen molar-refractivity contribution in [2.45, 2.75) is 30.5 Å². The van der Waals surface area contributed by atoms with Gasteiger partial charge in [0.1, 0.15) is 5.82 Å². The van der Waals surface area contributed by atoms with Gasteiger partial charge in [0.25, 0.3) is 0 Å². The molecule has 0 aromatic carbocycles. The number of hydrogen-bond donors (Lipinski definition) is 1. The van der Waals surface area contributed by atoms with Crippen LogP contribution >= 0.6 is 23.1 Å². The first-order chi connectivity index (χ1) is 11.3. The van der Waals surface area contributed by atoms with Crippen molar-refractivity contribution in [3.63, 3.8) is 0 Å². The fraction of sp³-hybridized carbons (Fsp3) is 0.533. The molecule has 1 aliphatic carbocycles. The van der Waals surface area contributed by atoms with Crippen molar-refractivity contribution >= 4 is 29.0 Å². The number of amides is 1. The highest BCUT2D eigenvalue weighted by Crippen LogP contribution is 2.39. The standard InChI is InChI=1S/C15H20N4O2S2/c1-21-7-6-16-14(20)10-23-15-18-17-13(19(15)11-4-5-11)9-12-3-2-8-22-12/h2-3,8,11H,4-7,9-10H2,1H3,(H,16,20). The second-order valence-corrected chi connectivity index (χ2v) is 7.36. The van der Waals surface area contributed by atoms with E-state index in [4.69, 9.17) is 4.74 Å². The Morgan fingerprint density at radius 3 is 3.09 bits per heavy atom. The van der Waals surface area contributed by atoms with E-state index in [0.29, 0.717) is 24.9 Å². The minimum absolute atomic E-state index is 0.00259. The number of aromatic nitrogens is 3. The van der Waals surface area contributed by atoms with Gasteiger partial charge in [-0.2, -0.15) is 0 Å². The van der Waals surface area contributed by atoms with Gasteiger partial charge < -0.3 is 14.6 Å². The van der Waals surface area contributed by atoms with Crippen LogP contribution < -0.4 is 5.32 Å². The molecule has 2 aromatic rings. The van der Waals surface area contributed by atoms with E-state index in [-0.39, 0.29) is 5.91 Å². The number of thioether (sulfide) groups is 1. The first kappa shape index (κ1) is 16.5. The molecular formula is C15H20N4O2S2. The highest BCUT2D eigenvalue weighted by atomic mass is 32.2. The second-order valence-electron chi connectivity index (χ2n) is 5.39. The highest BCUT2D eigenvalue weighted by molar-refractivity contribution is 7.99. The maximum atomic E-state index is 11.8. The zero-order chi connectivity index (χ0) is 16.1. The maximum absolute atomic E-state index is 11.8. The summed E-state index contributed by atoms with van der Waals surface area (Å²) in [5, 5.41) is 14.4. The van der Waals surface area contributed by atoms with Crippen molar-refractivity contribution < 1.29 is 9.53 Å². The molecule has 1 fully saturated rings. The van der Waals surface area contributed by atoms with Gasteiger partial charge in [0.15, 0.2) is 5.16 Å². The molecule has 3 rings (SSSR count). The Labute approximate surface area is 143 Å². The summed E-state index contributed by atoms with van der Waals surface area (Å²) in [7, 11) is 1.62. The van der Waals surface area contributed by atoms with Crippen LogP contribution in [-0.2, 0) is 16.0 Å². The normalized spacial score (nSPS) is 14.1. The summed E-state index contributed by atoms with van der Waals surface area (Å²) in [6.07, 6.45) is 3.15. The lowest BCUT2D eigenvalue weighted by Crippen LogP contribution is -2.28. The van der Waals surface area contributed by atoms with Gasteiger partial charge in [-0.3, -0.25) is 4.79 Å². The van der Waals surface area contributed by atoms with Crippen LogP contribution in [0.25, 0.3) is 0 Å². The largest absolute Gasteiger partial charge is 0.383 e. The molecule has 0 saturated heterocycles. The van der Waals surface area contributed by atoms with Gasteiger partial charge in [-0.1, -0.05) is 17.8 Å². The Kier molecular flexibility index (Phi) is 5.69. The van der Waals surface area contributed by atoms with E-state index >= 15 is 0 Å². The number of ether oxygens (including phenoxy) is 1. The molecular weight excluding hydrogens is 332 g/mol. The Morgan fingerprint density at radius 1 is 1.52 bits per heavy atom. The molecule has 2 aromatic heterocycles. The average molecular weight is 352 g/mol. The minimum Gasteiger partial charge on any atom is -0.383 e. The third-order valence-electron chi connectivity index (χ3n) is 3.52. The van der Waals surface area contributed by atoms with Gasteiger partial charge in [-0.15, -0.1) is 21.5 Å². The number of methoxy groups -OCH3 is 1. The summed E-state index contributed by atoms with van der Waals surface area (Å²) in [6, 6.07) is 4.67. The Hall–Kier alpha value is -1.38. The number of rotatable bonds is 9. The van der Waals surface area contributed by atoms with Gasteiger partial charge in [0.2, 0.25) is 5.91 Å². The van der Waals surface area contributed by atoms with E-state index in [1.165, 1.54) is 29.5 Å². The van der Waals surface area contributed by atoms with E-state index in [2.05, 4.69) is 37.6 Å². The van der Waals surface area contributed by atoms with Crippen molar-refractivity contribution in [1.82, 2.24) is 20.1 Å². The predicted molar refractivity (Wildman–Crippen MR) is 91.0 cm³/mol. The van der Waals surface area contributed by atoms with Crippen molar-refractivity contribution in [3.8, 4) is 0 Å². The zero-order valence-electron chi connectivity index (χ0n) is 13.0. The van der Waals surface area contributed by atoms with Crippen LogP contribution in [0.2, 0.25) is 0 Å². The molecule has 1 saturated carbocycles. The summed E-state index contributed by atoms with van der Waals surface area (Å²) in [6.45, 7) is 1.06. The zero-order valence-corrected chi connectivity index (χ0v) is 14.7. The molecule has 1 N–H and O–H groups in total. The smallest absolute Gasteiger partial charge is 0.230 e. The molecule has 23 heavy (non-hydrogen) atoms. The van der Waals surface area contributed by atoms with E-state index in [9.17, 15) is 4.79 Å². The lowest BCUT2D eigenvalue weighted by atomic mass is 10.3.